The highest BCUT2D eigenvalue weighted by Gasteiger charge is 2.56. The zero-order chi connectivity index (χ0) is 50.4. The highest BCUT2D eigenvalue weighted by Crippen LogP contribution is 2.59. The van der Waals surface area contributed by atoms with Crippen LogP contribution in [0.1, 0.15) is 20.7 Å². The zero-order valence-corrected chi connectivity index (χ0v) is 42.3. The number of carbonyl (C=O) groups excluding carboxylic acids is 6. The van der Waals surface area contributed by atoms with E-state index in [4.69, 9.17) is 28.4 Å². The topological polar surface area (TPSA) is 298 Å². The molecule has 8 heterocycles. The van der Waals surface area contributed by atoms with Crippen LogP contribution in [0.25, 0.3) is 0 Å². The van der Waals surface area contributed by atoms with Gasteiger partial charge in [0.15, 0.2) is 24.4 Å². The summed E-state index contributed by atoms with van der Waals surface area (Å²) in [5.41, 5.74) is 0.0600. The second kappa shape index (κ2) is 20.4. The quantitative estimate of drug-likeness (QED) is 0.0479. The summed E-state index contributed by atoms with van der Waals surface area (Å²) < 4.78 is 104. The first kappa shape index (κ1) is 50.6. The Morgan fingerprint density at radius 2 is 0.597 bits per heavy atom. The van der Waals surface area contributed by atoms with Gasteiger partial charge in [-0.25, -0.2) is 86.5 Å². The van der Waals surface area contributed by atoms with Gasteiger partial charge in [0.1, 0.15) is 13.2 Å². The second-order valence-corrected chi connectivity index (χ2v) is 27.6. The fourth-order valence-corrected chi connectivity index (χ4v) is 16.4. The van der Waals surface area contributed by atoms with E-state index in [9.17, 15) is 47.0 Å². The largest absolute Gasteiger partial charge is 0.458 e. The number of nitrogens with one attached hydrogen (secondary N) is 4. The average molecular weight is 1080 g/mol. The molecule has 28 nitrogen and oxygen atoms in total. The minimum atomic E-state index is -3.83. The summed E-state index contributed by atoms with van der Waals surface area (Å²) in [7, 11) is -15.2. The summed E-state index contributed by atoms with van der Waals surface area (Å²) in [5.74, 6) is -1.95. The van der Waals surface area contributed by atoms with Gasteiger partial charge < -0.3 is 28.4 Å². The molecule has 8 aliphatic rings. The molecule has 0 saturated carbocycles. The summed E-state index contributed by atoms with van der Waals surface area (Å²) in [5, 5.41) is 9.62. The first-order valence-corrected chi connectivity index (χ1v) is 29.8. The maximum Gasteiger partial charge on any atom is 0.415 e. The summed E-state index contributed by atoms with van der Waals surface area (Å²) in [6, 6.07) is 15.2. The summed E-state index contributed by atoms with van der Waals surface area (Å²) in [6.45, 7) is 3.78. The van der Waals surface area contributed by atoms with Crippen LogP contribution in [0.4, 0.5) is 19.2 Å². The SMILES string of the molecule is O=C(NP(=O)(N1CC1)N1CC1)OC(COC(=O)c1ccccc1)C(OC(=O)NP(=O)(N1CC1)N1CC1)C(OC(=O)NP(=O)(N1CC1)N1CC1)C(COC(=O)c1ccccc1)OC(=O)NP(=O)(N1CC1)N1CC1. The lowest BCUT2D eigenvalue weighted by molar-refractivity contribution is -0.129. The van der Waals surface area contributed by atoms with E-state index in [0.717, 1.165) is 0 Å². The van der Waals surface area contributed by atoms with Crippen molar-refractivity contribution in [2.24, 2.45) is 0 Å². The molecule has 32 heteroatoms. The van der Waals surface area contributed by atoms with E-state index in [-0.39, 0.29) is 11.1 Å². The Kier molecular flexibility index (Phi) is 14.3. The van der Waals surface area contributed by atoms with Crippen LogP contribution < -0.4 is 20.3 Å². The number of esters is 2. The van der Waals surface area contributed by atoms with E-state index in [2.05, 4.69) is 20.3 Å². The second-order valence-electron chi connectivity index (χ2n) is 17.8. The van der Waals surface area contributed by atoms with E-state index in [1.807, 2.05) is 0 Å². The van der Waals surface area contributed by atoms with Crippen LogP contribution in [0.5, 0.6) is 0 Å². The maximum absolute atomic E-state index is 14.4. The molecule has 0 radical (unpaired) electrons. The molecule has 4 unspecified atom stereocenters. The van der Waals surface area contributed by atoms with Gasteiger partial charge in [0.05, 0.1) is 11.1 Å². The van der Waals surface area contributed by atoms with Crippen molar-refractivity contribution in [2.75, 3.05) is 118 Å². The normalized spacial score (nSPS) is 21.8. The van der Waals surface area contributed by atoms with Crippen molar-refractivity contribution in [1.29, 1.82) is 0 Å². The van der Waals surface area contributed by atoms with Gasteiger partial charge in [0.2, 0.25) is 0 Å². The van der Waals surface area contributed by atoms with Crippen molar-refractivity contribution < 1.29 is 75.4 Å². The van der Waals surface area contributed by atoms with Crippen LogP contribution >= 0.6 is 30.4 Å². The Balaban J connectivity index is 1.04. The Hall–Kier alpha value is -4.94. The van der Waals surface area contributed by atoms with Gasteiger partial charge in [-0.05, 0) is 24.3 Å². The van der Waals surface area contributed by atoms with Crippen LogP contribution in [-0.4, -0.2) is 216 Å². The average Bonchev–Trinajstić information content (AvgIpc) is 4.18. The third-order valence-corrected chi connectivity index (χ3v) is 23.5. The molecule has 4 N–H and O–H groups in total. The summed E-state index contributed by atoms with van der Waals surface area (Å²) >= 11 is 0. The number of rotatable bonds is 25. The molecule has 0 bridgehead atoms. The molecule has 2 aromatic carbocycles. The van der Waals surface area contributed by atoms with Crippen LogP contribution in [0.15, 0.2) is 60.7 Å². The molecule has 0 aromatic heterocycles. The molecule has 4 amide bonds. The van der Waals surface area contributed by atoms with Crippen LogP contribution in [0.3, 0.4) is 0 Å². The number of hydrogen-bond donors (Lipinski definition) is 4. The zero-order valence-electron chi connectivity index (χ0n) is 38.7. The van der Waals surface area contributed by atoms with E-state index in [1.165, 1.54) is 61.6 Å². The third-order valence-electron chi connectivity index (χ3n) is 12.2. The van der Waals surface area contributed by atoms with Crippen molar-refractivity contribution in [3.8, 4) is 0 Å². The molecule has 390 valence electrons. The van der Waals surface area contributed by atoms with Crippen molar-refractivity contribution in [3.05, 3.63) is 71.8 Å². The van der Waals surface area contributed by atoms with E-state index in [1.54, 1.807) is 36.4 Å². The Labute approximate surface area is 412 Å². The monoisotopic (exact) mass is 1080 g/mol. The number of nitrogens with zero attached hydrogens (tertiary/aromatic N) is 8. The summed E-state index contributed by atoms with van der Waals surface area (Å²) in [4.78, 5) is 84.5. The molecule has 0 spiro atoms. The molecule has 8 fully saturated rings. The van der Waals surface area contributed by atoms with Crippen molar-refractivity contribution in [3.63, 3.8) is 0 Å². The molecular formula is C40H54N12O16P4. The fourth-order valence-electron chi connectivity index (χ4n) is 7.64. The van der Waals surface area contributed by atoms with Crippen LogP contribution in [-0.2, 0) is 46.7 Å². The molecule has 0 aliphatic carbocycles. The van der Waals surface area contributed by atoms with Crippen LogP contribution in [0, 0.1) is 0 Å². The lowest BCUT2D eigenvalue weighted by Gasteiger charge is -2.36. The minimum absolute atomic E-state index is 0.0300. The van der Waals surface area contributed by atoms with Crippen molar-refractivity contribution in [2.45, 2.75) is 24.4 Å². The number of hydrogen-bond acceptors (Lipinski definition) is 16. The number of amides is 4. The van der Waals surface area contributed by atoms with Gasteiger partial charge in [-0.3, -0.25) is 18.3 Å². The molecule has 2 aromatic rings. The molecule has 8 aliphatic heterocycles. The van der Waals surface area contributed by atoms with Gasteiger partial charge >= 0.3 is 66.7 Å². The smallest absolute Gasteiger partial charge is 0.415 e. The highest BCUT2D eigenvalue weighted by molar-refractivity contribution is 7.59. The van der Waals surface area contributed by atoms with Gasteiger partial charge in [-0.2, -0.15) is 0 Å². The van der Waals surface area contributed by atoms with Gasteiger partial charge in [-0.15, -0.1) is 0 Å². The molecule has 72 heavy (non-hydrogen) atoms. The van der Waals surface area contributed by atoms with Crippen molar-refractivity contribution >= 4 is 66.7 Å². The predicted octanol–water partition coefficient (Wildman–Crippen LogP) is 2.04. The Morgan fingerprint density at radius 1 is 0.375 bits per heavy atom. The highest BCUT2D eigenvalue weighted by atomic mass is 31.2. The van der Waals surface area contributed by atoms with Gasteiger partial charge in [0, 0.05) is 105 Å². The Bertz CT molecular complexity index is 2390. The third kappa shape index (κ3) is 12.0. The number of ether oxygens (including phenoxy) is 6. The first-order chi connectivity index (χ1) is 34.6. The molecule has 4 atom stereocenters. The summed E-state index contributed by atoms with van der Waals surface area (Å²) in [6.07, 6.45) is -14.5. The van der Waals surface area contributed by atoms with E-state index < -0.39 is 104 Å². The Morgan fingerprint density at radius 3 is 0.819 bits per heavy atom. The molecular weight excluding hydrogens is 1030 g/mol. The predicted molar refractivity (Wildman–Crippen MR) is 250 cm³/mol. The standard InChI is InChI=1S/C40H54N12O16P4/c53-35(29-7-3-1-4-8-29)63-27-31(65-37(55)41-69(59,45-11-12-45)46-13-14-46)33(67-39(57)43-71(61,49-19-20-49)50-21-22-50)34(68-40(58)44-72(62,51-23-24-51)52-25-26-52)32(28-64-36(54)30-9-5-2-6-10-30)66-38(56)42-70(60,47-15-16-47)48-17-18-48/h1-10,31-34H,11-28H2,(H,41,55,59)(H,42,56,60)(H,43,57,61)(H,44,58,62). The number of carbonyl (C=O) groups is 6. The van der Waals surface area contributed by atoms with Crippen molar-refractivity contribution in [1.82, 2.24) is 57.7 Å². The van der Waals surface area contributed by atoms with Crippen LogP contribution in [0.2, 0.25) is 0 Å². The lowest BCUT2D eigenvalue weighted by Crippen LogP contribution is -2.56. The fraction of sp³-hybridized carbons (Fsp3) is 0.550. The first-order valence-electron chi connectivity index (χ1n) is 23.4. The molecule has 8 saturated heterocycles. The molecule has 10 rings (SSSR count). The van der Waals surface area contributed by atoms with Gasteiger partial charge in [-0.1, -0.05) is 36.4 Å². The maximum atomic E-state index is 14.4. The van der Waals surface area contributed by atoms with E-state index >= 15 is 0 Å². The lowest BCUT2D eigenvalue weighted by atomic mass is 10.0. The van der Waals surface area contributed by atoms with E-state index in [0.29, 0.717) is 105 Å². The minimum Gasteiger partial charge on any atom is -0.458 e. The van der Waals surface area contributed by atoms with Gasteiger partial charge in [0.25, 0.3) is 0 Å². The number of benzene rings is 2.